The molecule has 0 heterocycles. The summed E-state index contributed by atoms with van der Waals surface area (Å²) in [4.78, 5) is 12.0. The monoisotopic (exact) mass is 437 g/mol. The van der Waals surface area contributed by atoms with Crippen molar-refractivity contribution >= 4 is 18.4 Å². The molecule has 1 rings (SSSR count). The number of unbranched alkanes of at least 4 members (excludes halogenated alkanes) is 12. The van der Waals surface area contributed by atoms with E-state index in [0.29, 0.717) is 6.61 Å². The Morgan fingerprint density at radius 1 is 0.833 bits per heavy atom. The van der Waals surface area contributed by atoms with Gasteiger partial charge in [0.05, 0.1) is 6.61 Å². The van der Waals surface area contributed by atoms with Crippen molar-refractivity contribution in [2.24, 2.45) is 5.73 Å². The lowest BCUT2D eigenvalue weighted by molar-refractivity contribution is -0.145. The molecule has 0 amide bonds. The Balaban J connectivity index is 0.00000841. The largest absolute Gasteiger partial charge is 0.464 e. The number of esters is 1. The van der Waals surface area contributed by atoms with Crippen LogP contribution < -0.4 is 5.73 Å². The molecule has 0 aliphatic rings. The fourth-order valence-electron chi connectivity index (χ4n) is 3.41. The first kappa shape index (κ1) is 28.7. The third-order valence-corrected chi connectivity index (χ3v) is 5.31. The molecule has 0 bridgehead atoms. The standard InChI is InChI=1S/C26H43NO2.ClH/c1-2-3-4-5-6-7-8-9-10-11-12-13-14-15-16-20-23-29-26(28)25(27)24-21-18-17-19-22-24;/h9-10,17-19,21-22,25H,2-8,11-16,20,23,27H2,1H3;1H/b10-9-;. The second-order valence-corrected chi connectivity index (χ2v) is 7.99. The molecule has 1 aromatic carbocycles. The van der Waals surface area contributed by atoms with Crippen molar-refractivity contribution in [2.45, 2.75) is 103 Å². The van der Waals surface area contributed by atoms with Crippen molar-refractivity contribution in [3.05, 3.63) is 48.0 Å². The topological polar surface area (TPSA) is 52.3 Å². The molecule has 2 N–H and O–H groups in total. The van der Waals surface area contributed by atoms with Gasteiger partial charge in [-0.2, -0.15) is 0 Å². The minimum atomic E-state index is -0.676. The van der Waals surface area contributed by atoms with Gasteiger partial charge in [0, 0.05) is 0 Å². The highest BCUT2D eigenvalue weighted by Gasteiger charge is 2.16. The number of halogens is 1. The molecule has 0 fully saturated rings. The maximum absolute atomic E-state index is 12.0. The normalized spacial score (nSPS) is 11.9. The molecular weight excluding hydrogens is 394 g/mol. The third kappa shape index (κ3) is 15.5. The van der Waals surface area contributed by atoms with Crippen LogP contribution in [0.3, 0.4) is 0 Å². The second kappa shape index (κ2) is 20.9. The third-order valence-electron chi connectivity index (χ3n) is 5.31. The van der Waals surface area contributed by atoms with Crippen molar-refractivity contribution in [3.8, 4) is 0 Å². The number of carbonyl (C=O) groups is 1. The molecule has 4 heteroatoms. The van der Waals surface area contributed by atoms with E-state index in [0.717, 1.165) is 18.4 Å². The number of allylic oxidation sites excluding steroid dienone is 2. The van der Waals surface area contributed by atoms with Crippen LogP contribution in [0.2, 0.25) is 0 Å². The van der Waals surface area contributed by atoms with Crippen molar-refractivity contribution < 1.29 is 9.53 Å². The maximum atomic E-state index is 12.0. The molecule has 0 aromatic heterocycles. The van der Waals surface area contributed by atoms with Crippen LogP contribution in [0.1, 0.15) is 108 Å². The van der Waals surface area contributed by atoms with E-state index in [2.05, 4.69) is 19.1 Å². The van der Waals surface area contributed by atoms with E-state index >= 15 is 0 Å². The highest BCUT2D eigenvalue weighted by Crippen LogP contribution is 2.13. The van der Waals surface area contributed by atoms with Crippen LogP contribution in [-0.4, -0.2) is 12.6 Å². The lowest BCUT2D eigenvalue weighted by Gasteiger charge is -2.11. The van der Waals surface area contributed by atoms with Crippen LogP contribution >= 0.6 is 12.4 Å². The molecule has 1 aromatic rings. The average Bonchev–Trinajstić information content (AvgIpc) is 2.75. The van der Waals surface area contributed by atoms with Gasteiger partial charge in [-0.25, -0.2) is 4.79 Å². The van der Waals surface area contributed by atoms with Crippen molar-refractivity contribution in [3.63, 3.8) is 0 Å². The Hall–Kier alpha value is -1.32. The predicted octanol–water partition coefficient (Wildman–Crippen LogP) is 7.69. The van der Waals surface area contributed by atoms with E-state index in [4.69, 9.17) is 10.5 Å². The first-order valence-corrected chi connectivity index (χ1v) is 11.9. The fraction of sp³-hybridized carbons (Fsp3) is 0.654. The zero-order valence-electron chi connectivity index (χ0n) is 19.0. The minimum Gasteiger partial charge on any atom is -0.464 e. The quantitative estimate of drug-likeness (QED) is 0.145. The van der Waals surface area contributed by atoms with Crippen molar-refractivity contribution in [1.29, 1.82) is 0 Å². The van der Waals surface area contributed by atoms with Gasteiger partial charge in [-0.05, 0) is 37.7 Å². The molecule has 0 saturated carbocycles. The van der Waals surface area contributed by atoms with Gasteiger partial charge >= 0.3 is 5.97 Å². The predicted molar refractivity (Wildman–Crippen MR) is 131 cm³/mol. The SMILES string of the molecule is CCCCCCCC/C=C\CCCCCCCCOC(=O)C(N)c1ccccc1.Cl. The fourth-order valence-corrected chi connectivity index (χ4v) is 3.41. The summed E-state index contributed by atoms with van der Waals surface area (Å²) in [6.45, 7) is 2.74. The molecule has 172 valence electrons. The minimum absolute atomic E-state index is 0. The Kier molecular flexibility index (Phi) is 20.0. The van der Waals surface area contributed by atoms with E-state index in [-0.39, 0.29) is 18.4 Å². The van der Waals surface area contributed by atoms with Crippen LogP contribution in [0, 0.1) is 0 Å². The Bertz CT molecular complexity index is 533. The Morgan fingerprint density at radius 2 is 1.33 bits per heavy atom. The number of hydrogen-bond donors (Lipinski definition) is 1. The van der Waals surface area contributed by atoms with Crippen LogP contribution in [0.15, 0.2) is 42.5 Å². The molecule has 0 aliphatic heterocycles. The van der Waals surface area contributed by atoms with E-state index in [9.17, 15) is 4.79 Å². The molecular formula is C26H44ClNO2. The zero-order chi connectivity index (χ0) is 21.0. The number of ether oxygens (including phenoxy) is 1. The van der Waals surface area contributed by atoms with Gasteiger partial charge in [-0.1, -0.05) is 107 Å². The lowest BCUT2D eigenvalue weighted by atomic mass is 10.1. The smallest absolute Gasteiger partial charge is 0.327 e. The number of hydrogen-bond acceptors (Lipinski definition) is 3. The maximum Gasteiger partial charge on any atom is 0.327 e. The van der Waals surface area contributed by atoms with Crippen LogP contribution in [0.5, 0.6) is 0 Å². The van der Waals surface area contributed by atoms with Gasteiger partial charge in [0.15, 0.2) is 0 Å². The van der Waals surface area contributed by atoms with Gasteiger partial charge in [0.25, 0.3) is 0 Å². The first-order chi connectivity index (χ1) is 14.3. The summed E-state index contributed by atoms with van der Waals surface area (Å²) >= 11 is 0. The molecule has 0 aliphatic carbocycles. The lowest BCUT2D eigenvalue weighted by Crippen LogP contribution is -2.24. The summed E-state index contributed by atoms with van der Waals surface area (Å²) in [5.74, 6) is -0.330. The van der Waals surface area contributed by atoms with Crippen molar-refractivity contribution in [1.82, 2.24) is 0 Å². The molecule has 1 atom stereocenters. The van der Waals surface area contributed by atoms with Gasteiger partial charge in [0.1, 0.15) is 6.04 Å². The van der Waals surface area contributed by atoms with E-state index in [1.54, 1.807) is 0 Å². The second-order valence-electron chi connectivity index (χ2n) is 7.99. The Labute approximate surface area is 191 Å². The van der Waals surface area contributed by atoms with Crippen LogP contribution in [0.25, 0.3) is 0 Å². The van der Waals surface area contributed by atoms with Gasteiger partial charge in [-0.3, -0.25) is 0 Å². The highest BCUT2D eigenvalue weighted by atomic mass is 35.5. The van der Waals surface area contributed by atoms with Crippen LogP contribution in [-0.2, 0) is 9.53 Å². The van der Waals surface area contributed by atoms with Gasteiger partial charge in [-0.15, -0.1) is 12.4 Å². The van der Waals surface area contributed by atoms with E-state index in [1.807, 2.05) is 30.3 Å². The number of nitrogens with two attached hydrogens (primary N) is 1. The molecule has 0 saturated heterocycles. The summed E-state index contributed by atoms with van der Waals surface area (Å²) < 4.78 is 5.30. The summed E-state index contributed by atoms with van der Waals surface area (Å²) in [7, 11) is 0. The summed E-state index contributed by atoms with van der Waals surface area (Å²) in [5.41, 5.74) is 6.73. The van der Waals surface area contributed by atoms with Crippen molar-refractivity contribution in [2.75, 3.05) is 6.61 Å². The molecule has 0 spiro atoms. The summed E-state index contributed by atoms with van der Waals surface area (Å²) in [5, 5.41) is 0. The average molecular weight is 438 g/mol. The molecule has 1 unspecified atom stereocenters. The van der Waals surface area contributed by atoms with E-state index < -0.39 is 6.04 Å². The Morgan fingerprint density at radius 3 is 1.90 bits per heavy atom. The van der Waals surface area contributed by atoms with Gasteiger partial charge in [0.2, 0.25) is 0 Å². The van der Waals surface area contributed by atoms with Gasteiger partial charge < -0.3 is 10.5 Å². The zero-order valence-corrected chi connectivity index (χ0v) is 19.8. The number of rotatable bonds is 18. The first-order valence-electron chi connectivity index (χ1n) is 11.9. The summed E-state index contributed by atoms with van der Waals surface area (Å²) in [6.07, 6.45) is 22.6. The molecule has 30 heavy (non-hydrogen) atoms. The number of benzene rings is 1. The van der Waals surface area contributed by atoms with E-state index in [1.165, 1.54) is 77.0 Å². The molecule has 0 radical (unpaired) electrons. The molecule has 3 nitrogen and oxygen atoms in total. The highest BCUT2D eigenvalue weighted by molar-refractivity contribution is 5.85. The number of carbonyl (C=O) groups excluding carboxylic acids is 1. The summed E-state index contributed by atoms with van der Waals surface area (Å²) in [6, 6.07) is 8.71. The van der Waals surface area contributed by atoms with Crippen LogP contribution in [0.4, 0.5) is 0 Å².